The molecule has 6 heteroatoms. The molecule has 0 aliphatic carbocycles. The quantitative estimate of drug-likeness (QED) is 0.355. The summed E-state index contributed by atoms with van der Waals surface area (Å²) in [6.07, 6.45) is 1.08. The monoisotopic (exact) mass is 255 g/mol. The fourth-order valence-electron chi connectivity index (χ4n) is 1.93. The van der Waals surface area contributed by atoms with Crippen molar-refractivity contribution in [3.05, 3.63) is 63.0 Å². The lowest BCUT2D eigenvalue weighted by molar-refractivity contribution is -0.594. The summed E-state index contributed by atoms with van der Waals surface area (Å²) in [5, 5.41) is 31.8. The Kier molecular flexibility index (Phi) is 3.12. The molecule has 1 aromatic carbocycles. The average Bonchev–Trinajstić information content (AvgIpc) is 2.39. The van der Waals surface area contributed by atoms with Crippen LogP contribution in [0.5, 0.6) is 0 Å². The van der Waals surface area contributed by atoms with Gasteiger partial charge in [-0.25, -0.2) is 0 Å². The van der Waals surface area contributed by atoms with E-state index in [0.717, 1.165) is 12.3 Å². The van der Waals surface area contributed by atoms with Crippen LogP contribution in [0, 0.1) is 33.6 Å². The number of rotatable bonds is 2. The molecule has 0 bridgehead atoms. The third kappa shape index (κ3) is 2.09. The number of benzene rings is 1. The van der Waals surface area contributed by atoms with Gasteiger partial charge in [0.25, 0.3) is 5.69 Å². The highest BCUT2D eigenvalue weighted by Crippen LogP contribution is 2.28. The van der Waals surface area contributed by atoms with E-state index in [1.807, 2.05) is 6.07 Å². The van der Waals surface area contributed by atoms with Crippen LogP contribution in [0.3, 0.4) is 0 Å². The first-order chi connectivity index (χ1) is 9.06. The number of hydrogen-bond acceptors (Lipinski definition) is 4. The van der Waals surface area contributed by atoms with Gasteiger partial charge in [-0.2, -0.15) is 9.99 Å². The zero-order valence-electron chi connectivity index (χ0n) is 10.0. The minimum atomic E-state index is -0.548. The van der Waals surface area contributed by atoms with E-state index in [1.165, 1.54) is 6.92 Å². The maximum Gasteiger partial charge on any atom is 0.285 e. The largest absolute Gasteiger partial charge is 0.618 e. The normalized spacial score (nSPS) is 9.89. The van der Waals surface area contributed by atoms with Gasteiger partial charge in [0, 0.05) is 0 Å². The number of nitro groups is 1. The van der Waals surface area contributed by atoms with Crippen molar-refractivity contribution in [2.24, 2.45) is 0 Å². The molecule has 0 saturated heterocycles. The van der Waals surface area contributed by atoms with Gasteiger partial charge >= 0.3 is 0 Å². The van der Waals surface area contributed by atoms with Gasteiger partial charge in [-0.3, -0.25) is 10.1 Å². The van der Waals surface area contributed by atoms with E-state index in [0.29, 0.717) is 15.9 Å². The van der Waals surface area contributed by atoms with Crippen LogP contribution in [0.1, 0.15) is 11.1 Å². The molecule has 0 unspecified atom stereocenters. The van der Waals surface area contributed by atoms with Crippen molar-refractivity contribution >= 4 is 5.69 Å². The molecule has 0 radical (unpaired) electrons. The van der Waals surface area contributed by atoms with Crippen LogP contribution in [-0.4, -0.2) is 4.92 Å². The first-order valence-electron chi connectivity index (χ1n) is 5.43. The summed E-state index contributed by atoms with van der Waals surface area (Å²) in [6.45, 7) is 1.50. The number of aromatic nitrogens is 1. The predicted molar refractivity (Wildman–Crippen MR) is 66.9 cm³/mol. The van der Waals surface area contributed by atoms with Crippen LogP contribution in [-0.2, 0) is 0 Å². The topological polar surface area (TPSA) is 93.9 Å². The van der Waals surface area contributed by atoms with Crippen molar-refractivity contribution < 1.29 is 9.65 Å². The molecule has 0 fully saturated rings. The standard InChI is InChI=1S/C13H9N3O3/c1-9-12(16(18)19)6-7-15(17)13(9)11-5-3-2-4-10(11)8-14/h2-7H,1H3. The zero-order valence-corrected chi connectivity index (χ0v) is 10.0. The second-order valence-corrected chi connectivity index (χ2v) is 3.91. The number of nitriles is 1. The molecule has 0 aliphatic rings. The van der Waals surface area contributed by atoms with Gasteiger partial charge in [0.2, 0.25) is 5.69 Å². The molecule has 0 spiro atoms. The van der Waals surface area contributed by atoms with Crippen LogP contribution in [0.15, 0.2) is 36.5 Å². The molecule has 0 aliphatic heterocycles. The van der Waals surface area contributed by atoms with E-state index in [-0.39, 0.29) is 16.9 Å². The lowest BCUT2D eigenvalue weighted by Crippen LogP contribution is -2.30. The van der Waals surface area contributed by atoms with Crippen LogP contribution >= 0.6 is 0 Å². The fourth-order valence-corrected chi connectivity index (χ4v) is 1.93. The first kappa shape index (κ1) is 12.5. The van der Waals surface area contributed by atoms with Gasteiger partial charge in [-0.05, 0) is 19.1 Å². The predicted octanol–water partition coefficient (Wildman–Crippen LogP) is 2.08. The van der Waals surface area contributed by atoms with Crippen molar-refractivity contribution in [3.8, 4) is 17.3 Å². The summed E-state index contributed by atoms with van der Waals surface area (Å²) in [5.74, 6) is 0. The van der Waals surface area contributed by atoms with E-state index >= 15 is 0 Å². The van der Waals surface area contributed by atoms with Gasteiger partial charge in [-0.1, -0.05) is 12.1 Å². The maximum atomic E-state index is 11.9. The molecule has 1 heterocycles. The molecular formula is C13H9N3O3. The number of hydrogen-bond donors (Lipinski definition) is 0. The summed E-state index contributed by atoms with van der Waals surface area (Å²) >= 11 is 0. The third-order valence-electron chi connectivity index (χ3n) is 2.83. The Labute approximate surface area is 108 Å². The summed E-state index contributed by atoms with van der Waals surface area (Å²) < 4.78 is 0.540. The minimum absolute atomic E-state index is 0.131. The van der Waals surface area contributed by atoms with Gasteiger partial charge in [0.15, 0.2) is 6.20 Å². The van der Waals surface area contributed by atoms with Crippen molar-refractivity contribution in [2.75, 3.05) is 0 Å². The smallest absolute Gasteiger partial charge is 0.285 e. The molecule has 0 amide bonds. The Balaban J connectivity index is 2.79. The Morgan fingerprint density at radius 3 is 2.63 bits per heavy atom. The van der Waals surface area contributed by atoms with Crippen LogP contribution in [0.25, 0.3) is 11.3 Å². The van der Waals surface area contributed by atoms with E-state index in [2.05, 4.69) is 0 Å². The average molecular weight is 255 g/mol. The lowest BCUT2D eigenvalue weighted by atomic mass is 10.0. The van der Waals surface area contributed by atoms with E-state index < -0.39 is 4.92 Å². The van der Waals surface area contributed by atoms with Gasteiger partial charge in [0.05, 0.1) is 22.1 Å². The fraction of sp³-hybridized carbons (Fsp3) is 0.0769. The molecule has 94 valence electrons. The molecule has 0 N–H and O–H groups in total. The van der Waals surface area contributed by atoms with E-state index in [1.54, 1.807) is 24.3 Å². The Morgan fingerprint density at radius 2 is 2.00 bits per heavy atom. The molecule has 0 atom stereocenters. The van der Waals surface area contributed by atoms with E-state index in [4.69, 9.17) is 5.26 Å². The molecule has 2 aromatic rings. The summed E-state index contributed by atoms with van der Waals surface area (Å²) in [4.78, 5) is 10.4. The Bertz CT molecular complexity index is 705. The second kappa shape index (κ2) is 4.74. The van der Waals surface area contributed by atoms with Crippen molar-refractivity contribution in [3.63, 3.8) is 0 Å². The van der Waals surface area contributed by atoms with Crippen molar-refractivity contribution in [1.82, 2.24) is 0 Å². The summed E-state index contributed by atoms with van der Waals surface area (Å²) in [6, 6.07) is 9.63. The first-order valence-corrected chi connectivity index (χ1v) is 5.43. The Morgan fingerprint density at radius 1 is 1.32 bits per heavy atom. The van der Waals surface area contributed by atoms with Gasteiger partial charge in [-0.15, -0.1) is 0 Å². The van der Waals surface area contributed by atoms with Gasteiger partial charge < -0.3 is 5.21 Å². The molecule has 19 heavy (non-hydrogen) atoms. The highest BCUT2D eigenvalue weighted by atomic mass is 16.6. The summed E-state index contributed by atoms with van der Waals surface area (Å²) in [7, 11) is 0. The second-order valence-electron chi connectivity index (χ2n) is 3.91. The molecule has 2 rings (SSSR count). The highest BCUT2D eigenvalue weighted by Gasteiger charge is 2.24. The zero-order chi connectivity index (χ0) is 14.0. The third-order valence-corrected chi connectivity index (χ3v) is 2.83. The maximum absolute atomic E-state index is 11.9. The Hall–Kier alpha value is -2.94. The molecule has 0 saturated carbocycles. The van der Waals surface area contributed by atoms with E-state index in [9.17, 15) is 15.3 Å². The number of pyridine rings is 1. The summed E-state index contributed by atoms with van der Waals surface area (Å²) in [5.41, 5.74) is 0.920. The van der Waals surface area contributed by atoms with Crippen LogP contribution < -0.4 is 4.73 Å². The molecular weight excluding hydrogens is 246 g/mol. The SMILES string of the molecule is Cc1c([N+](=O)[O-])cc[n+]([O-])c1-c1ccccc1C#N. The number of nitrogens with zero attached hydrogens (tertiary/aromatic N) is 3. The molecule has 1 aromatic heterocycles. The van der Waals surface area contributed by atoms with Crippen molar-refractivity contribution in [1.29, 1.82) is 5.26 Å². The van der Waals surface area contributed by atoms with Crippen LogP contribution in [0.2, 0.25) is 0 Å². The minimum Gasteiger partial charge on any atom is -0.618 e. The van der Waals surface area contributed by atoms with Crippen molar-refractivity contribution in [2.45, 2.75) is 6.92 Å². The van der Waals surface area contributed by atoms with Crippen LogP contribution in [0.4, 0.5) is 5.69 Å². The highest BCUT2D eigenvalue weighted by molar-refractivity contribution is 5.70. The van der Waals surface area contributed by atoms with Gasteiger partial charge in [0.1, 0.15) is 11.6 Å². The molecule has 6 nitrogen and oxygen atoms in total. The lowest BCUT2D eigenvalue weighted by Gasteiger charge is -2.08.